The van der Waals surface area contributed by atoms with Crippen LogP contribution in [0.4, 0.5) is 11.5 Å². The molecular weight excluding hydrogens is 502 g/mol. The third-order valence-electron chi connectivity index (χ3n) is 7.33. The van der Waals surface area contributed by atoms with Crippen molar-refractivity contribution in [2.75, 3.05) is 38.1 Å². The first-order valence-corrected chi connectivity index (χ1v) is 14.1. The van der Waals surface area contributed by atoms with Gasteiger partial charge in [-0.05, 0) is 75.2 Å². The minimum Gasteiger partial charge on any atom is -0.354 e. The molecule has 1 fully saturated rings. The van der Waals surface area contributed by atoms with E-state index < -0.39 is 0 Å². The summed E-state index contributed by atoms with van der Waals surface area (Å²) in [4.78, 5) is 38.5. The van der Waals surface area contributed by atoms with E-state index in [4.69, 9.17) is 5.41 Å². The molecule has 3 heterocycles. The number of carbonyl (C=O) groups is 1. The predicted molar refractivity (Wildman–Crippen MR) is 161 cm³/mol. The van der Waals surface area contributed by atoms with Gasteiger partial charge in [0.05, 0.1) is 17.2 Å². The molecule has 0 bridgehead atoms. The average molecular weight is 545 g/mol. The minimum atomic E-state index is -0.311. The van der Waals surface area contributed by atoms with E-state index in [1.54, 1.807) is 0 Å². The van der Waals surface area contributed by atoms with Crippen molar-refractivity contribution in [3.8, 4) is 11.1 Å². The van der Waals surface area contributed by atoms with Crippen LogP contribution in [0.15, 0.2) is 41.3 Å². The van der Waals surface area contributed by atoms with E-state index in [-0.39, 0.29) is 24.1 Å². The Bertz CT molecular complexity index is 1420. The van der Waals surface area contributed by atoms with Crippen molar-refractivity contribution in [1.82, 2.24) is 20.2 Å². The summed E-state index contributed by atoms with van der Waals surface area (Å²) in [6, 6.07) is 10.1. The molecule has 212 valence electrons. The maximum atomic E-state index is 13.6. The van der Waals surface area contributed by atoms with Gasteiger partial charge in [-0.15, -0.1) is 0 Å². The number of aromatic nitrogens is 2. The number of anilines is 1. The van der Waals surface area contributed by atoms with Crippen LogP contribution in [0.2, 0.25) is 0 Å². The third-order valence-corrected chi connectivity index (χ3v) is 7.33. The Morgan fingerprint density at radius 1 is 1.18 bits per heavy atom. The zero-order valence-corrected chi connectivity index (χ0v) is 24.3. The second-order valence-electron chi connectivity index (χ2n) is 11.0. The number of likely N-dealkylation sites (N-methyl/N-ethyl adjacent to an activating group) is 1. The molecule has 9 heteroatoms. The zero-order chi connectivity index (χ0) is 28.8. The van der Waals surface area contributed by atoms with Gasteiger partial charge in [-0.1, -0.05) is 13.3 Å². The number of aryl methyl sites for hydroxylation is 2. The van der Waals surface area contributed by atoms with Crippen LogP contribution in [-0.4, -0.2) is 66.3 Å². The van der Waals surface area contributed by atoms with E-state index in [1.807, 2.05) is 37.4 Å². The first-order chi connectivity index (χ1) is 19.2. The Balaban J connectivity index is 1.70. The van der Waals surface area contributed by atoms with Crippen LogP contribution in [0.1, 0.15) is 59.9 Å². The van der Waals surface area contributed by atoms with Crippen molar-refractivity contribution in [3.63, 3.8) is 0 Å². The summed E-state index contributed by atoms with van der Waals surface area (Å²) in [5, 5.41) is 13.2. The van der Waals surface area contributed by atoms with Gasteiger partial charge in [0.15, 0.2) is 0 Å². The number of piperazine rings is 1. The summed E-state index contributed by atoms with van der Waals surface area (Å²) in [5.41, 5.74) is 5.84. The van der Waals surface area contributed by atoms with Crippen LogP contribution in [0.3, 0.4) is 0 Å². The number of nitrogens with one attached hydrogen (secondary N) is 3. The molecule has 1 amide bonds. The predicted octanol–water partition coefficient (Wildman–Crippen LogP) is 2.98. The number of nitrogens with two attached hydrogens (primary N) is 1. The SMILES string of the molecule is CCCc1cc(C)[nH]c(=O)c1CNC(=O)c1cc(-c2ccnc(N3CCN(C)CC3)c2)cc([NH2+]C(C)C)c1C=N. The molecule has 1 saturated heterocycles. The molecule has 0 saturated carbocycles. The van der Waals surface area contributed by atoms with Gasteiger partial charge in [0.1, 0.15) is 11.5 Å². The van der Waals surface area contributed by atoms with Gasteiger partial charge in [0.2, 0.25) is 0 Å². The van der Waals surface area contributed by atoms with Crippen molar-refractivity contribution in [1.29, 1.82) is 5.41 Å². The molecule has 0 atom stereocenters. The van der Waals surface area contributed by atoms with Gasteiger partial charge in [-0.2, -0.15) is 0 Å². The molecule has 0 unspecified atom stereocenters. The Morgan fingerprint density at radius 2 is 1.93 bits per heavy atom. The summed E-state index contributed by atoms with van der Waals surface area (Å²) < 4.78 is 0. The van der Waals surface area contributed by atoms with Crippen LogP contribution in [0, 0.1) is 12.3 Å². The summed E-state index contributed by atoms with van der Waals surface area (Å²) in [6.45, 7) is 12.0. The fourth-order valence-electron chi connectivity index (χ4n) is 5.23. The lowest BCUT2D eigenvalue weighted by Crippen LogP contribution is -2.83. The Morgan fingerprint density at radius 3 is 2.60 bits per heavy atom. The summed E-state index contributed by atoms with van der Waals surface area (Å²) in [7, 11) is 2.13. The normalized spacial score (nSPS) is 14.0. The molecule has 1 aliphatic heterocycles. The molecule has 9 nitrogen and oxygen atoms in total. The molecular formula is C31H42N7O2+. The van der Waals surface area contributed by atoms with E-state index in [0.717, 1.165) is 72.9 Å². The maximum absolute atomic E-state index is 13.6. The highest BCUT2D eigenvalue weighted by Gasteiger charge is 2.22. The Kier molecular flexibility index (Phi) is 9.50. The third kappa shape index (κ3) is 6.84. The van der Waals surface area contributed by atoms with Crippen LogP contribution < -0.4 is 21.1 Å². The lowest BCUT2D eigenvalue weighted by Gasteiger charge is -2.33. The number of nitrogens with zero attached hydrogens (tertiary/aromatic N) is 3. The summed E-state index contributed by atoms with van der Waals surface area (Å²) >= 11 is 0. The summed E-state index contributed by atoms with van der Waals surface area (Å²) in [5.74, 6) is 0.610. The van der Waals surface area contributed by atoms with Gasteiger partial charge >= 0.3 is 0 Å². The van der Waals surface area contributed by atoms with E-state index in [2.05, 4.69) is 64.3 Å². The lowest BCUT2D eigenvalue weighted by molar-refractivity contribution is -0.603. The van der Waals surface area contributed by atoms with Gasteiger partial charge < -0.3 is 30.8 Å². The Labute approximate surface area is 236 Å². The molecule has 0 spiro atoms. The van der Waals surface area contributed by atoms with Crippen molar-refractivity contribution < 1.29 is 10.1 Å². The Hall–Kier alpha value is -3.82. The largest absolute Gasteiger partial charge is 0.354 e. The molecule has 1 aromatic carbocycles. The van der Waals surface area contributed by atoms with E-state index >= 15 is 0 Å². The lowest BCUT2D eigenvalue weighted by atomic mass is 9.96. The number of pyridine rings is 2. The zero-order valence-electron chi connectivity index (χ0n) is 24.3. The van der Waals surface area contributed by atoms with Gasteiger partial charge in [0, 0.05) is 62.5 Å². The second-order valence-corrected chi connectivity index (χ2v) is 11.0. The molecule has 4 rings (SSSR count). The number of hydrogen-bond donors (Lipinski definition) is 4. The second kappa shape index (κ2) is 13.0. The van der Waals surface area contributed by atoms with Crippen LogP contribution in [0.5, 0.6) is 0 Å². The van der Waals surface area contributed by atoms with Crippen molar-refractivity contribution >= 4 is 23.6 Å². The number of carbonyl (C=O) groups excluding carboxylic acids is 1. The molecule has 40 heavy (non-hydrogen) atoms. The quantitative estimate of drug-likeness (QED) is 0.231. The monoisotopic (exact) mass is 544 g/mol. The maximum Gasteiger partial charge on any atom is 0.253 e. The first kappa shape index (κ1) is 29.2. The standard InChI is InChI=1S/C31H41N7O2/c1-6-7-23-14-21(4)36-31(40)27(23)19-34-30(39)25-15-24(16-28(26(25)18-32)35-20(2)3)22-8-9-33-29(17-22)38-12-10-37(5)11-13-38/h8-9,14-18,20,32,35H,6-7,10-13,19H2,1-5H3,(H,34,39)(H,36,40)/p+1. The number of H-pyrrole nitrogens is 1. The molecule has 0 aliphatic carbocycles. The van der Waals surface area contributed by atoms with E-state index in [0.29, 0.717) is 16.7 Å². The summed E-state index contributed by atoms with van der Waals surface area (Å²) in [6.07, 6.45) is 4.73. The highest BCUT2D eigenvalue weighted by molar-refractivity contribution is 6.05. The molecule has 1 aliphatic rings. The van der Waals surface area contributed by atoms with Gasteiger partial charge in [-0.25, -0.2) is 4.98 Å². The fraction of sp³-hybridized carbons (Fsp3) is 0.419. The van der Waals surface area contributed by atoms with Gasteiger partial charge in [-0.3, -0.25) is 9.59 Å². The van der Waals surface area contributed by atoms with Crippen molar-refractivity contribution in [3.05, 3.63) is 74.8 Å². The topological polar surface area (TPSA) is 122 Å². The van der Waals surface area contributed by atoms with E-state index in [1.165, 1.54) is 6.21 Å². The average Bonchev–Trinajstić information content (AvgIpc) is 2.92. The molecule has 2 aromatic heterocycles. The smallest absolute Gasteiger partial charge is 0.253 e. The van der Waals surface area contributed by atoms with Crippen LogP contribution >= 0.6 is 0 Å². The van der Waals surface area contributed by atoms with Crippen molar-refractivity contribution in [2.45, 2.75) is 53.1 Å². The van der Waals surface area contributed by atoms with Gasteiger partial charge in [0.25, 0.3) is 11.5 Å². The molecule has 5 N–H and O–H groups in total. The highest BCUT2D eigenvalue weighted by Crippen LogP contribution is 2.29. The van der Waals surface area contributed by atoms with E-state index in [9.17, 15) is 9.59 Å². The van der Waals surface area contributed by atoms with Crippen LogP contribution in [0.25, 0.3) is 11.1 Å². The number of hydrogen-bond acceptors (Lipinski definition) is 6. The van der Waals surface area contributed by atoms with Crippen LogP contribution in [-0.2, 0) is 13.0 Å². The number of rotatable bonds is 10. The molecule has 3 aromatic rings. The highest BCUT2D eigenvalue weighted by atomic mass is 16.1. The number of quaternary nitrogens is 1. The number of aromatic amines is 1. The minimum absolute atomic E-state index is 0.123. The fourth-order valence-corrected chi connectivity index (χ4v) is 5.23. The number of amides is 1. The first-order valence-electron chi connectivity index (χ1n) is 14.1. The molecule has 0 radical (unpaired) electrons. The number of benzene rings is 1. The van der Waals surface area contributed by atoms with Crippen molar-refractivity contribution in [2.24, 2.45) is 0 Å².